The molecule has 1 saturated heterocycles. The average molecular weight is 422 g/mol. The summed E-state index contributed by atoms with van der Waals surface area (Å²) in [6, 6.07) is 9.51. The smallest absolute Gasteiger partial charge is 0.446 e. The number of hydrogen-bond donors (Lipinski definition) is 0. The standard InChI is InChI=1S/C21H18F4N2O3/c22-16-8-6-15(7-9-16)17-10-5-14(13-26-17)3-1-11-27-12-2-4-18(19(27)28)30-20(29)21(23,24)25/h1,3,5-10,13,18H,2,4,11-12H2/b3-1+. The first-order valence-corrected chi connectivity index (χ1v) is 9.19. The van der Waals surface area contributed by atoms with Gasteiger partial charge in [-0.25, -0.2) is 9.18 Å². The molecule has 2 aromatic rings. The van der Waals surface area contributed by atoms with Gasteiger partial charge in [0.15, 0.2) is 6.10 Å². The van der Waals surface area contributed by atoms with E-state index in [1.54, 1.807) is 42.6 Å². The summed E-state index contributed by atoms with van der Waals surface area (Å²) in [6.45, 7) is 0.531. The lowest BCUT2D eigenvalue weighted by atomic mass is 10.1. The third-order valence-electron chi connectivity index (χ3n) is 4.52. The van der Waals surface area contributed by atoms with Crippen LogP contribution in [0.1, 0.15) is 18.4 Å². The van der Waals surface area contributed by atoms with Gasteiger partial charge in [0.1, 0.15) is 5.82 Å². The van der Waals surface area contributed by atoms with Gasteiger partial charge >= 0.3 is 12.1 Å². The molecule has 2 heterocycles. The number of carbonyl (C=O) groups is 2. The lowest BCUT2D eigenvalue weighted by Gasteiger charge is -2.31. The maximum atomic E-state index is 13.0. The number of amides is 1. The molecule has 5 nitrogen and oxygen atoms in total. The predicted molar refractivity (Wildman–Crippen MR) is 100 cm³/mol. The zero-order chi connectivity index (χ0) is 21.7. The van der Waals surface area contributed by atoms with Crippen LogP contribution in [-0.2, 0) is 14.3 Å². The first-order valence-electron chi connectivity index (χ1n) is 9.19. The highest BCUT2D eigenvalue weighted by Gasteiger charge is 2.44. The van der Waals surface area contributed by atoms with Gasteiger partial charge in [-0.05, 0) is 48.7 Å². The van der Waals surface area contributed by atoms with Gasteiger partial charge in [0, 0.05) is 24.8 Å². The van der Waals surface area contributed by atoms with Crippen LogP contribution in [0.25, 0.3) is 17.3 Å². The molecule has 0 bridgehead atoms. The molecule has 0 radical (unpaired) electrons. The van der Waals surface area contributed by atoms with Crippen molar-refractivity contribution in [3.63, 3.8) is 0 Å². The van der Waals surface area contributed by atoms with Crippen molar-refractivity contribution in [3.8, 4) is 11.3 Å². The van der Waals surface area contributed by atoms with E-state index in [4.69, 9.17) is 0 Å². The van der Waals surface area contributed by atoms with E-state index in [1.807, 2.05) is 0 Å². The Kier molecular flexibility index (Phi) is 6.49. The Bertz CT molecular complexity index is 925. The van der Waals surface area contributed by atoms with Crippen molar-refractivity contribution >= 4 is 18.0 Å². The monoisotopic (exact) mass is 422 g/mol. The van der Waals surface area contributed by atoms with Crippen LogP contribution in [0.4, 0.5) is 17.6 Å². The van der Waals surface area contributed by atoms with Crippen molar-refractivity contribution in [1.82, 2.24) is 9.88 Å². The maximum absolute atomic E-state index is 13.0. The van der Waals surface area contributed by atoms with Gasteiger partial charge in [0.25, 0.3) is 5.91 Å². The Morgan fingerprint density at radius 3 is 2.57 bits per heavy atom. The number of likely N-dealkylation sites (tertiary alicyclic amines) is 1. The van der Waals surface area contributed by atoms with E-state index < -0.39 is 24.2 Å². The summed E-state index contributed by atoms with van der Waals surface area (Å²) in [4.78, 5) is 28.9. The molecule has 1 aromatic heterocycles. The van der Waals surface area contributed by atoms with Crippen molar-refractivity contribution in [3.05, 3.63) is 60.1 Å². The van der Waals surface area contributed by atoms with E-state index in [2.05, 4.69) is 9.72 Å². The van der Waals surface area contributed by atoms with Gasteiger partial charge in [-0.15, -0.1) is 0 Å². The van der Waals surface area contributed by atoms with Crippen LogP contribution in [-0.4, -0.2) is 47.1 Å². The second-order valence-corrected chi connectivity index (χ2v) is 6.70. The quantitative estimate of drug-likeness (QED) is 0.540. The number of ether oxygens (including phenoxy) is 1. The second-order valence-electron chi connectivity index (χ2n) is 6.70. The number of carbonyl (C=O) groups excluding carboxylic acids is 2. The van der Waals surface area contributed by atoms with Gasteiger partial charge in [-0.1, -0.05) is 18.2 Å². The Balaban J connectivity index is 1.57. The molecule has 1 amide bonds. The molecule has 1 unspecified atom stereocenters. The number of benzene rings is 1. The van der Waals surface area contributed by atoms with E-state index in [9.17, 15) is 27.2 Å². The SMILES string of the molecule is O=C1C(OC(=O)C(F)(F)F)CCCN1C/C=C/c1ccc(-c2ccc(F)cc2)nc1. The van der Waals surface area contributed by atoms with E-state index in [-0.39, 0.29) is 18.8 Å². The topological polar surface area (TPSA) is 59.5 Å². The molecule has 1 fully saturated rings. The number of aromatic nitrogens is 1. The number of pyridine rings is 1. The Morgan fingerprint density at radius 1 is 1.20 bits per heavy atom. The average Bonchev–Trinajstić information content (AvgIpc) is 2.71. The van der Waals surface area contributed by atoms with Gasteiger partial charge in [-0.2, -0.15) is 13.2 Å². The molecule has 1 atom stereocenters. The van der Waals surface area contributed by atoms with Crippen LogP contribution in [0, 0.1) is 5.82 Å². The molecular weight excluding hydrogens is 404 g/mol. The first kappa shape index (κ1) is 21.5. The number of alkyl halides is 3. The van der Waals surface area contributed by atoms with Crippen LogP contribution in [0.3, 0.4) is 0 Å². The Hall–Kier alpha value is -3.23. The van der Waals surface area contributed by atoms with E-state index in [0.717, 1.165) is 11.1 Å². The van der Waals surface area contributed by atoms with Crippen molar-refractivity contribution in [2.24, 2.45) is 0 Å². The molecule has 1 aliphatic rings. The second kappa shape index (κ2) is 9.06. The summed E-state index contributed by atoms with van der Waals surface area (Å²) in [5.74, 6) is -3.33. The van der Waals surface area contributed by atoms with E-state index in [0.29, 0.717) is 18.7 Å². The fourth-order valence-corrected chi connectivity index (χ4v) is 3.00. The highest BCUT2D eigenvalue weighted by atomic mass is 19.4. The minimum Gasteiger partial charge on any atom is -0.446 e. The molecular formula is C21H18F4N2O3. The number of hydrogen-bond acceptors (Lipinski definition) is 4. The highest BCUT2D eigenvalue weighted by molar-refractivity contribution is 5.86. The Labute approximate surface area is 170 Å². The molecule has 0 aliphatic carbocycles. The van der Waals surface area contributed by atoms with Crippen LogP contribution in [0.2, 0.25) is 0 Å². The molecule has 30 heavy (non-hydrogen) atoms. The molecule has 3 rings (SSSR count). The lowest BCUT2D eigenvalue weighted by molar-refractivity contribution is -0.207. The maximum Gasteiger partial charge on any atom is 0.490 e. The summed E-state index contributed by atoms with van der Waals surface area (Å²) >= 11 is 0. The molecule has 0 N–H and O–H groups in total. The van der Waals surface area contributed by atoms with Crippen LogP contribution >= 0.6 is 0 Å². The number of halogens is 4. The third kappa shape index (κ3) is 5.43. The van der Waals surface area contributed by atoms with Gasteiger partial charge < -0.3 is 9.64 Å². The van der Waals surface area contributed by atoms with E-state index in [1.165, 1.54) is 17.0 Å². The van der Waals surface area contributed by atoms with Gasteiger partial charge in [-0.3, -0.25) is 9.78 Å². The van der Waals surface area contributed by atoms with E-state index >= 15 is 0 Å². The zero-order valence-corrected chi connectivity index (χ0v) is 15.7. The fourth-order valence-electron chi connectivity index (χ4n) is 3.00. The van der Waals surface area contributed by atoms with Gasteiger partial charge in [0.2, 0.25) is 0 Å². The van der Waals surface area contributed by atoms with Crippen molar-refractivity contribution in [2.75, 3.05) is 13.1 Å². The minimum absolute atomic E-state index is 0.0651. The summed E-state index contributed by atoms with van der Waals surface area (Å²) in [6.07, 6.45) is -1.03. The zero-order valence-electron chi connectivity index (χ0n) is 15.7. The number of piperidine rings is 1. The van der Waals surface area contributed by atoms with Gasteiger partial charge in [0.05, 0.1) is 5.69 Å². The molecule has 1 aromatic carbocycles. The summed E-state index contributed by atoms with van der Waals surface area (Å²) in [5, 5.41) is 0. The lowest BCUT2D eigenvalue weighted by Crippen LogP contribution is -2.47. The molecule has 0 saturated carbocycles. The summed E-state index contributed by atoms with van der Waals surface area (Å²) in [5.41, 5.74) is 2.20. The van der Waals surface area contributed by atoms with Crippen LogP contribution in [0.5, 0.6) is 0 Å². The minimum atomic E-state index is -5.13. The number of rotatable bonds is 5. The number of esters is 1. The molecule has 9 heteroatoms. The van der Waals surface area contributed by atoms with Crippen molar-refractivity contribution < 1.29 is 31.9 Å². The Morgan fingerprint density at radius 2 is 1.93 bits per heavy atom. The summed E-state index contributed by atoms with van der Waals surface area (Å²) < 4.78 is 54.3. The molecule has 0 spiro atoms. The van der Waals surface area contributed by atoms with Crippen molar-refractivity contribution in [1.29, 1.82) is 0 Å². The molecule has 1 aliphatic heterocycles. The van der Waals surface area contributed by atoms with Crippen LogP contribution < -0.4 is 0 Å². The van der Waals surface area contributed by atoms with Crippen molar-refractivity contribution in [2.45, 2.75) is 25.1 Å². The van der Waals surface area contributed by atoms with Crippen LogP contribution in [0.15, 0.2) is 48.7 Å². The number of nitrogens with zero attached hydrogens (tertiary/aromatic N) is 2. The highest BCUT2D eigenvalue weighted by Crippen LogP contribution is 2.22. The third-order valence-corrected chi connectivity index (χ3v) is 4.52. The summed E-state index contributed by atoms with van der Waals surface area (Å²) in [7, 11) is 0. The fraction of sp³-hybridized carbons (Fsp3) is 0.286. The normalized spacial score (nSPS) is 17.4. The largest absolute Gasteiger partial charge is 0.490 e. The first-order chi connectivity index (χ1) is 14.2. The molecule has 158 valence electrons. The predicted octanol–water partition coefficient (Wildman–Crippen LogP) is 4.00.